The molecule has 0 spiro atoms. The zero-order valence-corrected chi connectivity index (χ0v) is 11.6. The van der Waals surface area contributed by atoms with Crippen LogP contribution in [-0.2, 0) is 0 Å². The lowest BCUT2D eigenvalue weighted by molar-refractivity contribution is -0.384. The summed E-state index contributed by atoms with van der Waals surface area (Å²) in [6, 6.07) is 4.20. The van der Waals surface area contributed by atoms with Crippen LogP contribution >= 0.6 is 11.6 Å². The van der Waals surface area contributed by atoms with Crippen LogP contribution in [0.25, 0.3) is 0 Å². The van der Waals surface area contributed by atoms with E-state index in [2.05, 4.69) is 5.32 Å². The van der Waals surface area contributed by atoms with E-state index in [-0.39, 0.29) is 22.7 Å². The molecule has 6 heteroatoms. The maximum absolute atomic E-state index is 12.3. The molecule has 0 unspecified atom stereocenters. The highest BCUT2D eigenvalue weighted by molar-refractivity contribution is 6.34. The molecule has 2 saturated carbocycles. The van der Waals surface area contributed by atoms with Gasteiger partial charge in [0.05, 0.1) is 15.5 Å². The minimum Gasteiger partial charge on any atom is -0.349 e. The van der Waals surface area contributed by atoms with Gasteiger partial charge in [-0.1, -0.05) is 11.6 Å². The molecule has 0 aromatic heterocycles. The fraction of sp³-hybridized carbons (Fsp3) is 0.500. The molecule has 1 N–H and O–H groups in total. The van der Waals surface area contributed by atoms with E-state index in [9.17, 15) is 14.9 Å². The van der Waals surface area contributed by atoms with Crippen LogP contribution in [0, 0.1) is 22.0 Å². The summed E-state index contributed by atoms with van der Waals surface area (Å²) < 4.78 is 0. The van der Waals surface area contributed by atoms with Crippen molar-refractivity contribution in [3.05, 3.63) is 38.9 Å². The number of non-ortho nitro benzene ring substituents is 1. The van der Waals surface area contributed by atoms with Crippen molar-refractivity contribution in [3.8, 4) is 0 Å². The van der Waals surface area contributed by atoms with E-state index < -0.39 is 4.92 Å². The van der Waals surface area contributed by atoms with Crippen LogP contribution < -0.4 is 5.32 Å². The Morgan fingerprint density at radius 1 is 1.30 bits per heavy atom. The van der Waals surface area contributed by atoms with Gasteiger partial charge in [0.2, 0.25) is 0 Å². The van der Waals surface area contributed by atoms with Crippen LogP contribution in [0.15, 0.2) is 18.2 Å². The van der Waals surface area contributed by atoms with E-state index in [0.29, 0.717) is 17.4 Å². The molecule has 2 fully saturated rings. The zero-order chi connectivity index (χ0) is 14.3. The number of nitro groups is 1. The summed E-state index contributed by atoms with van der Waals surface area (Å²) >= 11 is 5.98. The van der Waals surface area contributed by atoms with E-state index in [0.717, 1.165) is 0 Å². The molecule has 0 atom stereocenters. The minimum atomic E-state index is -0.523. The van der Waals surface area contributed by atoms with E-state index >= 15 is 0 Å². The summed E-state index contributed by atoms with van der Waals surface area (Å²) in [5.74, 6) is 0.972. The van der Waals surface area contributed by atoms with Crippen LogP contribution in [-0.4, -0.2) is 16.9 Å². The third-order valence-corrected chi connectivity index (χ3v) is 4.28. The number of amides is 1. The molecule has 0 bridgehead atoms. The molecule has 0 saturated heterocycles. The number of carbonyl (C=O) groups is 1. The number of rotatable bonds is 5. The Morgan fingerprint density at radius 2 is 1.90 bits per heavy atom. The molecule has 1 aromatic rings. The van der Waals surface area contributed by atoms with E-state index in [4.69, 9.17) is 11.6 Å². The molecular weight excluding hydrogens is 280 g/mol. The van der Waals surface area contributed by atoms with Crippen LogP contribution in [0.3, 0.4) is 0 Å². The van der Waals surface area contributed by atoms with Crippen molar-refractivity contribution in [2.24, 2.45) is 11.8 Å². The minimum absolute atomic E-state index is 0.104. The van der Waals surface area contributed by atoms with Gasteiger partial charge in [-0.05, 0) is 43.6 Å². The fourth-order valence-electron chi connectivity index (χ4n) is 2.56. The highest BCUT2D eigenvalue weighted by Gasteiger charge is 2.42. The molecule has 20 heavy (non-hydrogen) atoms. The molecule has 3 rings (SSSR count). The molecule has 0 aliphatic heterocycles. The lowest BCUT2D eigenvalue weighted by Crippen LogP contribution is -2.38. The van der Waals surface area contributed by atoms with Crippen molar-refractivity contribution in [1.29, 1.82) is 0 Å². The quantitative estimate of drug-likeness (QED) is 0.669. The normalized spacial score (nSPS) is 18.1. The average Bonchev–Trinajstić information content (AvgIpc) is 3.28. The van der Waals surface area contributed by atoms with Gasteiger partial charge in [0, 0.05) is 18.2 Å². The Morgan fingerprint density at radius 3 is 2.35 bits per heavy atom. The predicted molar refractivity (Wildman–Crippen MR) is 74.8 cm³/mol. The topological polar surface area (TPSA) is 72.2 Å². The summed E-state index contributed by atoms with van der Waals surface area (Å²) in [7, 11) is 0. The molecule has 2 aliphatic carbocycles. The maximum atomic E-state index is 12.3. The first-order chi connectivity index (χ1) is 9.56. The number of hydrogen-bond acceptors (Lipinski definition) is 3. The number of nitrogens with zero attached hydrogens (tertiary/aromatic N) is 1. The van der Waals surface area contributed by atoms with Gasteiger partial charge in [0.1, 0.15) is 0 Å². The number of hydrogen-bond donors (Lipinski definition) is 1. The van der Waals surface area contributed by atoms with Crippen molar-refractivity contribution >= 4 is 23.2 Å². The summed E-state index contributed by atoms with van der Waals surface area (Å²) in [6.45, 7) is 0. The van der Waals surface area contributed by atoms with Gasteiger partial charge in [-0.2, -0.15) is 0 Å². The van der Waals surface area contributed by atoms with Gasteiger partial charge < -0.3 is 5.32 Å². The number of nitrogens with one attached hydrogen (secondary N) is 1. The summed E-state index contributed by atoms with van der Waals surface area (Å²) in [4.78, 5) is 22.4. The second kappa shape index (κ2) is 5.05. The Balaban J connectivity index is 1.74. The molecule has 106 valence electrons. The molecule has 1 amide bonds. The standard InChI is InChI=1S/C14H15ClN2O3/c15-12-7-10(17(19)20)5-6-11(12)14(18)16-13(8-1-2-8)9-3-4-9/h5-9,13H,1-4H2,(H,16,18). The average molecular weight is 295 g/mol. The monoisotopic (exact) mass is 294 g/mol. The SMILES string of the molecule is O=C(NC(C1CC1)C1CC1)c1ccc([N+](=O)[O-])cc1Cl. The summed E-state index contributed by atoms with van der Waals surface area (Å²) in [6.07, 6.45) is 4.70. The van der Waals surface area contributed by atoms with E-state index in [1.165, 1.54) is 43.9 Å². The van der Waals surface area contributed by atoms with Gasteiger partial charge in [-0.3, -0.25) is 14.9 Å². The largest absolute Gasteiger partial charge is 0.349 e. The molecular formula is C14H15ClN2O3. The van der Waals surface area contributed by atoms with Gasteiger partial charge in [0.25, 0.3) is 11.6 Å². The third-order valence-electron chi connectivity index (χ3n) is 3.97. The first-order valence-electron chi connectivity index (χ1n) is 6.81. The fourth-order valence-corrected chi connectivity index (χ4v) is 2.82. The van der Waals surface area contributed by atoms with Crippen molar-refractivity contribution < 1.29 is 9.72 Å². The van der Waals surface area contributed by atoms with Crippen molar-refractivity contribution in [2.75, 3.05) is 0 Å². The number of benzene rings is 1. The predicted octanol–water partition coefficient (Wildman–Crippen LogP) is 3.17. The molecule has 0 radical (unpaired) electrons. The van der Waals surface area contributed by atoms with Gasteiger partial charge in [-0.25, -0.2) is 0 Å². The number of nitro benzene ring substituents is 1. The maximum Gasteiger partial charge on any atom is 0.270 e. The van der Waals surface area contributed by atoms with E-state index in [1.807, 2.05) is 0 Å². The van der Waals surface area contributed by atoms with Crippen molar-refractivity contribution in [1.82, 2.24) is 5.32 Å². The van der Waals surface area contributed by atoms with Crippen LogP contribution in [0.5, 0.6) is 0 Å². The van der Waals surface area contributed by atoms with E-state index in [1.54, 1.807) is 0 Å². The first-order valence-corrected chi connectivity index (χ1v) is 7.19. The van der Waals surface area contributed by atoms with Crippen LogP contribution in [0.2, 0.25) is 5.02 Å². The number of halogens is 1. The Labute approximate surface area is 121 Å². The highest BCUT2D eigenvalue weighted by atomic mass is 35.5. The molecule has 1 aromatic carbocycles. The smallest absolute Gasteiger partial charge is 0.270 e. The van der Waals surface area contributed by atoms with Crippen molar-refractivity contribution in [2.45, 2.75) is 31.7 Å². The van der Waals surface area contributed by atoms with Crippen molar-refractivity contribution in [3.63, 3.8) is 0 Å². The van der Waals surface area contributed by atoms with Crippen LogP contribution in [0.4, 0.5) is 5.69 Å². The summed E-state index contributed by atoms with van der Waals surface area (Å²) in [5, 5.41) is 13.8. The lowest BCUT2D eigenvalue weighted by Gasteiger charge is -2.18. The summed E-state index contributed by atoms with van der Waals surface area (Å²) in [5.41, 5.74) is 0.205. The highest BCUT2D eigenvalue weighted by Crippen LogP contribution is 2.44. The first kappa shape index (κ1) is 13.4. The number of carbonyl (C=O) groups excluding carboxylic acids is 1. The van der Waals surface area contributed by atoms with Gasteiger partial charge >= 0.3 is 0 Å². The third kappa shape index (κ3) is 2.77. The Bertz CT molecular complexity index is 556. The second-order valence-electron chi connectivity index (χ2n) is 5.60. The lowest BCUT2D eigenvalue weighted by atomic mass is 10.1. The molecule has 2 aliphatic rings. The molecule has 0 heterocycles. The van der Waals surface area contributed by atoms with Gasteiger partial charge in [-0.15, -0.1) is 0 Å². The second-order valence-corrected chi connectivity index (χ2v) is 6.00. The molecule has 5 nitrogen and oxygen atoms in total. The van der Waals surface area contributed by atoms with Gasteiger partial charge in [0.15, 0.2) is 0 Å². The Kier molecular flexibility index (Phi) is 3.38. The Hall–Kier alpha value is -1.62. The van der Waals surface area contributed by atoms with Crippen LogP contribution in [0.1, 0.15) is 36.0 Å². The zero-order valence-electron chi connectivity index (χ0n) is 10.8.